The first-order chi connectivity index (χ1) is 9.33. The normalized spacial score (nSPS) is 14.7. The topological polar surface area (TPSA) is 63.8 Å². The van der Waals surface area contributed by atoms with Crippen molar-refractivity contribution < 1.29 is 0 Å². The van der Waals surface area contributed by atoms with Gasteiger partial charge in [-0.25, -0.2) is 4.98 Å². The van der Waals surface area contributed by atoms with Gasteiger partial charge in [-0.1, -0.05) is 0 Å². The number of rotatable bonds is 1. The molecule has 0 fully saturated rings. The molecule has 4 heterocycles. The molecular formula is C13H12N4S2. The molecule has 19 heavy (non-hydrogen) atoms. The monoisotopic (exact) mass is 288 g/mol. The van der Waals surface area contributed by atoms with Crippen molar-refractivity contribution in [3.63, 3.8) is 0 Å². The molecule has 0 spiro atoms. The minimum atomic E-state index is 0.890. The summed E-state index contributed by atoms with van der Waals surface area (Å²) in [7, 11) is 0. The fourth-order valence-electron chi connectivity index (χ4n) is 2.48. The molecule has 0 bridgehead atoms. The largest absolute Gasteiger partial charge is 0.390 e. The molecule has 0 saturated carbocycles. The first kappa shape index (κ1) is 11.3. The van der Waals surface area contributed by atoms with E-state index in [4.69, 9.17) is 5.73 Å². The second-order valence-electron chi connectivity index (χ2n) is 4.53. The molecule has 0 atom stereocenters. The molecule has 0 aromatic carbocycles. The number of nitrogen functional groups attached to an aromatic ring is 1. The summed E-state index contributed by atoms with van der Waals surface area (Å²) in [6.45, 7) is 1.94. The van der Waals surface area contributed by atoms with Crippen molar-refractivity contribution in [3.05, 3.63) is 28.9 Å². The molecule has 0 unspecified atom stereocenters. The number of thiophene rings is 1. The van der Waals surface area contributed by atoms with E-state index in [1.807, 2.05) is 12.3 Å². The van der Waals surface area contributed by atoms with Crippen molar-refractivity contribution in [3.8, 4) is 10.6 Å². The van der Waals surface area contributed by atoms with Crippen LogP contribution in [-0.4, -0.2) is 16.5 Å². The number of thiazole rings is 1. The minimum Gasteiger partial charge on any atom is -0.390 e. The standard InChI is InChI=1S/C13H12N4S2/c14-12-11(7-1-3-16-6-10(7)18-12)13-17-8-5-15-4-2-9(8)19-13/h2,4-5,16H,1,3,6,14H2. The van der Waals surface area contributed by atoms with Gasteiger partial charge in [-0.3, -0.25) is 4.98 Å². The van der Waals surface area contributed by atoms with Gasteiger partial charge in [0.25, 0.3) is 0 Å². The van der Waals surface area contributed by atoms with Crippen LogP contribution in [0.5, 0.6) is 0 Å². The van der Waals surface area contributed by atoms with Crippen LogP contribution >= 0.6 is 22.7 Å². The van der Waals surface area contributed by atoms with Gasteiger partial charge in [0.15, 0.2) is 0 Å². The van der Waals surface area contributed by atoms with Crippen LogP contribution in [0.4, 0.5) is 5.00 Å². The zero-order valence-electron chi connectivity index (χ0n) is 10.1. The molecule has 4 nitrogen and oxygen atoms in total. The maximum Gasteiger partial charge on any atom is 0.127 e. The number of nitrogens with zero attached hydrogens (tertiary/aromatic N) is 2. The van der Waals surface area contributed by atoms with Crippen molar-refractivity contribution >= 4 is 37.9 Å². The highest BCUT2D eigenvalue weighted by molar-refractivity contribution is 7.22. The Morgan fingerprint density at radius 2 is 2.26 bits per heavy atom. The van der Waals surface area contributed by atoms with Gasteiger partial charge in [0, 0.05) is 23.2 Å². The molecule has 6 heteroatoms. The van der Waals surface area contributed by atoms with Gasteiger partial charge in [-0.05, 0) is 24.6 Å². The summed E-state index contributed by atoms with van der Waals surface area (Å²) < 4.78 is 1.17. The Hall–Kier alpha value is -1.50. The smallest absolute Gasteiger partial charge is 0.127 e. The number of nitrogens with two attached hydrogens (primary N) is 1. The van der Waals surface area contributed by atoms with Gasteiger partial charge < -0.3 is 11.1 Å². The van der Waals surface area contributed by atoms with Crippen LogP contribution in [0.2, 0.25) is 0 Å². The molecule has 96 valence electrons. The maximum atomic E-state index is 6.22. The molecule has 3 aromatic rings. The van der Waals surface area contributed by atoms with E-state index >= 15 is 0 Å². The Kier molecular flexibility index (Phi) is 2.54. The van der Waals surface area contributed by atoms with Crippen LogP contribution < -0.4 is 11.1 Å². The van der Waals surface area contributed by atoms with Gasteiger partial charge in [-0.15, -0.1) is 22.7 Å². The Morgan fingerprint density at radius 1 is 1.32 bits per heavy atom. The molecule has 1 aliphatic heterocycles. The molecule has 1 aliphatic rings. The van der Waals surface area contributed by atoms with E-state index in [9.17, 15) is 0 Å². The van der Waals surface area contributed by atoms with E-state index in [2.05, 4.69) is 15.3 Å². The summed E-state index contributed by atoms with van der Waals surface area (Å²) in [5.41, 5.74) is 9.71. The third kappa shape index (κ3) is 1.75. The van der Waals surface area contributed by atoms with E-state index in [0.717, 1.165) is 40.6 Å². The molecule has 0 radical (unpaired) electrons. The Morgan fingerprint density at radius 3 is 3.16 bits per heavy atom. The SMILES string of the molecule is Nc1sc2c(c1-c1nc3cnccc3s1)CCNC2. The number of hydrogen-bond donors (Lipinski definition) is 2. The number of hydrogen-bond acceptors (Lipinski definition) is 6. The van der Waals surface area contributed by atoms with E-state index in [1.54, 1.807) is 28.9 Å². The molecule has 0 saturated heterocycles. The highest BCUT2D eigenvalue weighted by Gasteiger charge is 2.22. The predicted octanol–water partition coefficient (Wildman–Crippen LogP) is 2.65. The van der Waals surface area contributed by atoms with Gasteiger partial charge in [-0.2, -0.15) is 0 Å². The van der Waals surface area contributed by atoms with Crippen molar-refractivity contribution in [2.75, 3.05) is 12.3 Å². The Labute approximate surface area is 118 Å². The lowest BCUT2D eigenvalue weighted by Crippen LogP contribution is -2.22. The molecular weight excluding hydrogens is 276 g/mol. The molecule has 0 aliphatic carbocycles. The average molecular weight is 288 g/mol. The highest BCUT2D eigenvalue weighted by atomic mass is 32.1. The number of nitrogens with one attached hydrogen (secondary N) is 1. The lowest BCUT2D eigenvalue weighted by atomic mass is 10.0. The summed E-state index contributed by atoms with van der Waals surface area (Å²) >= 11 is 3.39. The average Bonchev–Trinajstić information content (AvgIpc) is 2.97. The molecule has 3 aromatic heterocycles. The van der Waals surface area contributed by atoms with Gasteiger partial charge in [0.2, 0.25) is 0 Å². The van der Waals surface area contributed by atoms with Crippen LogP contribution in [-0.2, 0) is 13.0 Å². The second-order valence-corrected chi connectivity index (χ2v) is 6.70. The van der Waals surface area contributed by atoms with Crippen molar-refractivity contribution in [1.82, 2.24) is 15.3 Å². The fraction of sp³-hybridized carbons (Fsp3) is 0.231. The van der Waals surface area contributed by atoms with Crippen LogP contribution in [0.15, 0.2) is 18.5 Å². The van der Waals surface area contributed by atoms with Crippen LogP contribution in [0.25, 0.3) is 20.8 Å². The van der Waals surface area contributed by atoms with Crippen LogP contribution in [0.3, 0.4) is 0 Å². The quantitative estimate of drug-likeness (QED) is 0.722. The summed E-state index contributed by atoms with van der Waals surface area (Å²) in [6, 6.07) is 2.01. The van der Waals surface area contributed by atoms with Crippen molar-refractivity contribution in [1.29, 1.82) is 0 Å². The van der Waals surface area contributed by atoms with Crippen LogP contribution in [0, 0.1) is 0 Å². The lowest BCUT2D eigenvalue weighted by Gasteiger charge is -2.13. The van der Waals surface area contributed by atoms with E-state index < -0.39 is 0 Å². The second kappa shape index (κ2) is 4.26. The summed E-state index contributed by atoms with van der Waals surface area (Å²) in [5.74, 6) is 0. The Balaban J connectivity index is 1.94. The zero-order chi connectivity index (χ0) is 12.8. The third-order valence-electron chi connectivity index (χ3n) is 3.36. The summed E-state index contributed by atoms with van der Waals surface area (Å²) in [6.07, 6.45) is 4.65. The predicted molar refractivity (Wildman–Crippen MR) is 80.6 cm³/mol. The van der Waals surface area contributed by atoms with E-state index in [-0.39, 0.29) is 0 Å². The van der Waals surface area contributed by atoms with Gasteiger partial charge in [0.1, 0.15) is 10.5 Å². The molecule has 3 N–H and O–H groups in total. The molecule has 0 amide bonds. The molecule has 4 rings (SSSR count). The van der Waals surface area contributed by atoms with E-state index in [0.29, 0.717) is 0 Å². The fourth-order valence-corrected chi connectivity index (χ4v) is 4.65. The zero-order valence-corrected chi connectivity index (χ0v) is 11.8. The summed E-state index contributed by atoms with van der Waals surface area (Å²) in [5, 5.41) is 5.30. The first-order valence-corrected chi connectivity index (χ1v) is 7.78. The first-order valence-electron chi connectivity index (χ1n) is 6.14. The van der Waals surface area contributed by atoms with Crippen LogP contribution in [0.1, 0.15) is 10.4 Å². The van der Waals surface area contributed by atoms with E-state index in [1.165, 1.54) is 15.1 Å². The lowest BCUT2D eigenvalue weighted by molar-refractivity contribution is 0.655. The highest BCUT2D eigenvalue weighted by Crippen LogP contribution is 2.42. The van der Waals surface area contributed by atoms with Gasteiger partial charge >= 0.3 is 0 Å². The summed E-state index contributed by atoms with van der Waals surface area (Å²) in [4.78, 5) is 10.2. The van der Waals surface area contributed by atoms with Crippen molar-refractivity contribution in [2.24, 2.45) is 0 Å². The van der Waals surface area contributed by atoms with Gasteiger partial charge in [0.05, 0.1) is 15.9 Å². The third-order valence-corrected chi connectivity index (χ3v) is 5.47. The number of pyridine rings is 1. The minimum absolute atomic E-state index is 0.890. The number of fused-ring (bicyclic) bond motifs is 2. The maximum absolute atomic E-state index is 6.22. The number of anilines is 1. The Bertz CT molecular complexity index is 726. The van der Waals surface area contributed by atoms with Crippen molar-refractivity contribution in [2.45, 2.75) is 13.0 Å². The number of aromatic nitrogens is 2.